The summed E-state index contributed by atoms with van der Waals surface area (Å²) in [6, 6.07) is 3.88. The van der Waals surface area contributed by atoms with Gasteiger partial charge in [0, 0.05) is 47.2 Å². The van der Waals surface area contributed by atoms with E-state index in [0.29, 0.717) is 29.9 Å². The van der Waals surface area contributed by atoms with Crippen molar-refractivity contribution in [1.29, 1.82) is 0 Å². The molecule has 1 aliphatic heterocycles. The Morgan fingerprint density at radius 2 is 1.95 bits per heavy atom. The summed E-state index contributed by atoms with van der Waals surface area (Å²) in [6.07, 6.45) is 2.00. The van der Waals surface area contributed by atoms with E-state index in [9.17, 15) is 18.5 Å². The molecular formula is C27H36FN3O4S2. The summed E-state index contributed by atoms with van der Waals surface area (Å²) in [5, 5.41) is 5.18. The van der Waals surface area contributed by atoms with Crippen LogP contribution in [0.3, 0.4) is 0 Å². The molecule has 2 unspecified atom stereocenters. The Hall–Kier alpha value is -2.27. The molecule has 10 heteroatoms. The molecule has 1 aliphatic rings. The van der Waals surface area contributed by atoms with Gasteiger partial charge in [-0.05, 0) is 73.1 Å². The van der Waals surface area contributed by atoms with Crippen LogP contribution >= 0.6 is 11.3 Å². The molecule has 3 atom stereocenters. The third-order valence-corrected chi connectivity index (χ3v) is 8.59. The molecule has 1 aromatic carbocycles. The molecule has 0 amide bonds. The smallest absolute Gasteiger partial charge is 0.313 e. The molecule has 0 radical (unpaired) electrons. The lowest BCUT2D eigenvalue weighted by Crippen LogP contribution is -2.42. The largest absolute Gasteiger partial charge is 0.597 e. The molecule has 3 rings (SSSR count). The monoisotopic (exact) mass is 549 g/mol. The average Bonchev–Trinajstić information content (AvgIpc) is 3.26. The number of ketones is 1. The van der Waals surface area contributed by atoms with Crippen molar-refractivity contribution in [2.45, 2.75) is 71.3 Å². The molecule has 0 aliphatic carbocycles. The molecule has 1 aromatic heterocycles. The summed E-state index contributed by atoms with van der Waals surface area (Å²) in [5.41, 5.74) is 1.19. The van der Waals surface area contributed by atoms with E-state index >= 15 is 0 Å². The van der Waals surface area contributed by atoms with Crippen LogP contribution in [0.2, 0.25) is 0 Å². The van der Waals surface area contributed by atoms with Crippen LogP contribution in [0.5, 0.6) is 0 Å². The van der Waals surface area contributed by atoms with Gasteiger partial charge in [-0.25, -0.2) is 9.37 Å². The second-order valence-corrected chi connectivity index (χ2v) is 14.3. The lowest BCUT2D eigenvalue weighted by molar-refractivity contribution is -0.158. The SMILES string of the molecule is C[C@@H](c1csc(C(=O)/C2=C/C(C(=O)OC(C)(C)C)CCNc3cc(F)ccc32)n1)N(C)[S+]([O-])C(C)(C)C. The first-order chi connectivity index (χ1) is 17.1. The van der Waals surface area contributed by atoms with Gasteiger partial charge in [0.25, 0.3) is 0 Å². The number of rotatable bonds is 6. The fourth-order valence-electron chi connectivity index (χ4n) is 3.85. The summed E-state index contributed by atoms with van der Waals surface area (Å²) in [5.74, 6) is -1.89. The normalized spacial score (nSPS) is 19.5. The van der Waals surface area contributed by atoms with Gasteiger partial charge in [-0.2, -0.15) is 0 Å². The fourth-order valence-corrected chi connectivity index (χ4v) is 5.97. The number of allylic oxidation sites excluding steroid dienone is 1. The van der Waals surface area contributed by atoms with Gasteiger partial charge in [0.05, 0.1) is 17.7 Å². The van der Waals surface area contributed by atoms with Crippen molar-refractivity contribution < 1.29 is 23.3 Å². The lowest BCUT2D eigenvalue weighted by Gasteiger charge is -2.32. The quantitative estimate of drug-likeness (QED) is 0.277. The van der Waals surface area contributed by atoms with E-state index in [2.05, 4.69) is 10.3 Å². The van der Waals surface area contributed by atoms with Gasteiger partial charge in [-0.1, -0.05) is 6.08 Å². The van der Waals surface area contributed by atoms with Crippen molar-refractivity contribution in [3.8, 4) is 0 Å². The van der Waals surface area contributed by atoms with Gasteiger partial charge in [0.1, 0.15) is 16.2 Å². The van der Waals surface area contributed by atoms with Crippen LogP contribution in [-0.4, -0.2) is 49.5 Å². The van der Waals surface area contributed by atoms with E-state index in [1.54, 1.807) is 43.6 Å². The first kappa shape index (κ1) is 29.3. The number of esters is 1. The topological polar surface area (TPSA) is 94.6 Å². The molecule has 0 fully saturated rings. The Labute approximate surface area is 225 Å². The number of halogens is 1. The number of nitrogens with one attached hydrogen (secondary N) is 1. The van der Waals surface area contributed by atoms with Crippen LogP contribution < -0.4 is 5.32 Å². The van der Waals surface area contributed by atoms with E-state index in [1.165, 1.54) is 29.5 Å². The predicted molar refractivity (Wildman–Crippen MR) is 147 cm³/mol. The fraction of sp³-hybridized carbons (Fsp3) is 0.519. The van der Waals surface area contributed by atoms with Crippen molar-refractivity contribution in [3.05, 3.63) is 51.7 Å². The number of hydrogen-bond donors (Lipinski definition) is 1. The Kier molecular flexibility index (Phi) is 8.89. The van der Waals surface area contributed by atoms with Gasteiger partial charge in [-0.15, -0.1) is 15.6 Å². The van der Waals surface area contributed by atoms with Crippen LogP contribution in [0, 0.1) is 11.7 Å². The zero-order valence-corrected chi connectivity index (χ0v) is 24.3. The van der Waals surface area contributed by atoms with Crippen molar-refractivity contribution in [2.75, 3.05) is 18.9 Å². The van der Waals surface area contributed by atoms with Gasteiger partial charge >= 0.3 is 5.97 Å². The minimum Gasteiger partial charge on any atom is -0.597 e. The van der Waals surface area contributed by atoms with Crippen molar-refractivity contribution >= 4 is 45.7 Å². The van der Waals surface area contributed by atoms with Crippen LogP contribution in [0.15, 0.2) is 29.7 Å². The van der Waals surface area contributed by atoms with Gasteiger partial charge in [-0.3, -0.25) is 9.59 Å². The zero-order valence-electron chi connectivity index (χ0n) is 22.7. The van der Waals surface area contributed by atoms with Crippen LogP contribution in [0.4, 0.5) is 10.1 Å². The van der Waals surface area contributed by atoms with E-state index < -0.39 is 39.4 Å². The molecule has 0 spiro atoms. The number of carbonyl (C=O) groups is 2. The van der Waals surface area contributed by atoms with Gasteiger partial charge < -0.3 is 14.6 Å². The third-order valence-electron chi connectivity index (χ3n) is 5.84. The molecule has 2 aromatic rings. The molecule has 2 heterocycles. The molecule has 0 saturated heterocycles. The van der Waals surface area contributed by atoms with Crippen molar-refractivity contribution in [3.63, 3.8) is 0 Å². The Morgan fingerprint density at radius 3 is 2.57 bits per heavy atom. The number of hydrogen-bond acceptors (Lipinski definition) is 8. The number of thiazole rings is 1. The highest BCUT2D eigenvalue weighted by molar-refractivity contribution is 7.90. The molecule has 0 saturated carbocycles. The molecule has 7 nitrogen and oxygen atoms in total. The number of anilines is 1. The first-order valence-corrected chi connectivity index (χ1v) is 14.2. The first-order valence-electron chi connectivity index (χ1n) is 12.2. The highest BCUT2D eigenvalue weighted by Crippen LogP contribution is 2.34. The number of carbonyl (C=O) groups excluding carboxylic acids is 2. The maximum absolute atomic E-state index is 14.0. The summed E-state index contributed by atoms with van der Waals surface area (Å²) >= 11 is -0.0788. The summed E-state index contributed by atoms with van der Waals surface area (Å²) in [7, 11) is 1.77. The van der Waals surface area contributed by atoms with E-state index in [4.69, 9.17) is 4.74 Å². The molecular weight excluding hydrogens is 513 g/mol. The van der Waals surface area contributed by atoms with E-state index in [-0.39, 0.29) is 22.4 Å². The molecule has 1 N–H and O–H groups in total. The number of fused-ring (bicyclic) bond motifs is 1. The molecule has 0 bridgehead atoms. The van der Waals surface area contributed by atoms with Crippen molar-refractivity contribution in [2.24, 2.45) is 5.92 Å². The van der Waals surface area contributed by atoms with Gasteiger partial charge in [0.2, 0.25) is 5.78 Å². The maximum atomic E-state index is 14.0. The van der Waals surface area contributed by atoms with E-state index in [1.807, 2.05) is 27.7 Å². The van der Waals surface area contributed by atoms with Crippen LogP contribution in [0.25, 0.3) is 5.57 Å². The predicted octanol–water partition coefficient (Wildman–Crippen LogP) is 5.78. The summed E-state index contributed by atoms with van der Waals surface area (Å²) in [4.78, 5) is 31.3. The van der Waals surface area contributed by atoms with E-state index in [0.717, 1.165) is 0 Å². The third kappa shape index (κ3) is 7.19. The van der Waals surface area contributed by atoms with Crippen LogP contribution in [-0.2, 0) is 20.9 Å². The Bertz CT molecular complexity index is 1180. The van der Waals surface area contributed by atoms with Crippen LogP contribution in [0.1, 0.15) is 82.0 Å². The summed E-state index contributed by atoms with van der Waals surface area (Å²) < 4.78 is 33.8. The molecule has 37 heavy (non-hydrogen) atoms. The standard InChI is InChI=1S/C27H36FN3O4S2/c1-16(31(8)37(34)27(5,6)7)22-15-36-24(30-22)23(32)20-13-17(25(33)35-26(2,3)4)11-12-29-21-14-18(28)9-10-19(20)21/h9-10,13-17,29H,11-12H2,1-8H3/b20-13+/t16-,17?,37?/m0/s1. The minimum atomic E-state index is -1.27. The summed E-state index contributed by atoms with van der Waals surface area (Å²) in [6.45, 7) is 13.4. The Balaban J connectivity index is 2.00. The number of aromatic nitrogens is 1. The average molecular weight is 550 g/mol. The zero-order chi connectivity index (χ0) is 27.7. The highest BCUT2D eigenvalue weighted by Gasteiger charge is 2.35. The molecule has 202 valence electrons. The number of nitrogens with zero attached hydrogens (tertiary/aromatic N) is 2. The minimum absolute atomic E-state index is 0.238. The lowest BCUT2D eigenvalue weighted by atomic mass is 9.91. The number of Topliss-reactive ketones (excluding diaryl/α,β-unsaturated/α-hetero) is 1. The highest BCUT2D eigenvalue weighted by atomic mass is 32.2. The second kappa shape index (κ2) is 11.2. The Morgan fingerprint density at radius 1 is 1.27 bits per heavy atom. The number of benzene rings is 1. The van der Waals surface area contributed by atoms with Gasteiger partial charge in [0.15, 0.2) is 5.01 Å². The maximum Gasteiger partial charge on any atom is 0.313 e. The number of ether oxygens (including phenoxy) is 1. The van der Waals surface area contributed by atoms with Crippen molar-refractivity contribution in [1.82, 2.24) is 9.29 Å². The second-order valence-electron chi connectivity index (χ2n) is 11.1.